The van der Waals surface area contributed by atoms with Crippen molar-refractivity contribution in [1.82, 2.24) is 10.3 Å². The van der Waals surface area contributed by atoms with Crippen molar-refractivity contribution in [1.29, 1.82) is 0 Å². The van der Waals surface area contributed by atoms with Gasteiger partial charge in [0.1, 0.15) is 11.3 Å². The highest BCUT2D eigenvalue weighted by Crippen LogP contribution is 2.27. The number of methoxy groups -OCH3 is 1. The number of amides is 1. The first-order chi connectivity index (χ1) is 12.8. The Bertz CT molecular complexity index is 988. The van der Waals surface area contributed by atoms with Gasteiger partial charge in [0.25, 0.3) is 0 Å². The smallest absolute Gasteiger partial charge is 0.231 e. The van der Waals surface area contributed by atoms with Gasteiger partial charge in [0, 0.05) is 16.7 Å². The van der Waals surface area contributed by atoms with Crippen LogP contribution in [0.15, 0.2) is 46.9 Å². The molecule has 3 aromatic rings. The second-order valence-corrected chi connectivity index (χ2v) is 7.50. The number of nitrogens with zero attached hydrogens (tertiary/aromatic N) is 1. The molecule has 0 aliphatic carbocycles. The molecule has 0 fully saturated rings. The number of hydrogen-bond acceptors (Lipinski definition) is 5. The Balaban J connectivity index is 1.77. The van der Waals surface area contributed by atoms with Crippen LogP contribution in [0.5, 0.6) is 5.75 Å². The first-order valence-corrected chi connectivity index (χ1v) is 8.84. The van der Waals surface area contributed by atoms with Crippen LogP contribution in [-0.2, 0) is 4.79 Å². The summed E-state index contributed by atoms with van der Waals surface area (Å²) in [6, 6.07) is 12.9. The Kier molecular flexibility index (Phi) is 5.14. The number of ether oxygens (including phenoxy) is 1. The third-order valence-electron chi connectivity index (χ3n) is 3.89. The molecular weight excluding hydrogens is 362 g/mol. The molecule has 6 nitrogen and oxygen atoms in total. The molecule has 0 spiro atoms. The van der Waals surface area contributed by atoms with Gasteiger partial charge >= 0.3 is 0 Å². The summed E-state index contributed by atoms with van der Waals surface area (Å²) in [6.45, 7) is 5.48. The van der Waals surface area contributed by atoms with E-state index in [0.717, 1.165) is 17.0 Å². The minimum atomic E-state index is -0.519. The number of benzene rings is 2. The third-order valence-corrected chi connectivity index (χ3v) is 4.09. The van der Waals surface area contributed by atoms with Crippen LogP contribution in [0.4, 0.5) is 5.69 Å². The number of aromatic nitrogens is 1. The van der Waals surface area contributed by atoms with E-state index in [4.69, 9.17) is 21.4 Å². The minimum absolute atomic E-state index is 0.149. The van der Waals surface area contributed by atoms with Gasteiger partial charge in [-0.2, -0.15) is 0 Å². The summed E-state index contributed by atoms with van der Waals surface area (Å²) in [4.78, 5) is 16.5. The lowest BCUT2D eigenvalue weighted by molar-refractivity contribution is -0.126. The lowest BCUT2D eigenvalue weighted by Crippen LogP contribution is -2.41. The van der Waals surface area contributed by atoms with E-state index in [1.807, 2.05) is 63.2 Å². The third kappa shape index (κ3) is 4.43. The molecule has 0 saturated heterocycles. The Morgan fingerprint density at radius 3 is 2.48 bits per heavy atom. The molecule has 0 bridgehead atoms. The van der Waals surface area contributed by atoms with Crippen molar-refractivity contribution in [3.63, 3.8) is 0 Å². The Hall–Kier alpha value is -2.93. The van der Waals surface area contributed by atoms with Gasteiger partial charge in [0.05, 0.1) is 7.11 Å². The number of thiocarbonyl (C=S) groups is 1. The number of anilines is 1. The molecular formula is C20H21N3O3S. The van der Waals surface area contributed by atoms with E-state index in [1.165, 1.54) is 0 Å². The normalized spacial score (nSPS) is 11.3. The average Bonchev–Trinajstić information content (AvgIpc) is 3.04. The molecule has 0 aliphatic rings. The van der Waals surface area contributed by atoms with E-state index in [1.54, 1.807) is 7.11 Å². The van der Waals surface area contributed by atoms with Crippen molar-refractivity contribution in [3.05, 3.63) is 42.5 Å². The molecule has 1 aromatic heterocycles. The van der Waals surface area contributed by atoms with Crippen LogP contribution in [0.3, 0.4) is 0 Å². The molecule has 2 aromatic carbocycles. The molecule has 3 rings (SSSR count). The molecule has 0 unspecified atom stereocenters. The second-order valence-electron chi connectivity index (χ2n) is 7.09. The number of fused-ring (bicyclic) bond motifs is 1. The number of hydrogen-bond donors (Lipinski definition) is 2. The number of rotatable bonds is 3. The largest absolute Gasteiger partial charge is 0.497 e. The van der Waals surface area contributed by atoms with Gasteiger partial charge in [-0.05, 0) is 54.7 Å². The van der Waals surface area contributed by atoms with Crippen molar-refractivity contribution < 1.29 is 13.9 Å². The summed E-state index contributed by atoms with van der Waals surface area (Å²) < 4.78 is 11.0. The lowest BCUT2D eigenvalue weighted by atomic mass is 9.96. The predicted octanol–water partition coefficient (Wildman–Crippen LogP) is 4.36. The lowest BCUT2D eigenvalue weighted by Gasteiger charge is -2.18. The minimum Gasteiger partial charge on any atom is -0.497 e. The monoisotopic (exact) mass is 383 g/mol. The van der Waals surface area contributed by atoms with Gasteiger partial charge in [-0.1, -0.05) is 20.8 Å². The maximum absolute atomic E-state index is 12.0. The van der Waals surface area contributed by atoms with Crippen LogP contribution in [0, 0.1) is 5.41 Å². The van der Waals surface area contributed by atoms with Crippen LogP contribution in [-0.4, -0.2) is 23.1 Å². The first kappa shape index (κ1) is 18.8. The van der Waals surface area contributed by atoms with Crippen molar-refractivity contribution in [3.8, 4) is 17.2 Å². The molecule has 7 heteroatoms. The Morgan fingerprint density at radius 1 is 1.15 bits per heavy atom. The van der Waals surface area contributed by atoms with E-state index in [9.17, 15) is 4.79 Å². The van der Waals surface area contributed by atoms with E-state index < -0.39 is 5.41 Å². The molecule has 0 radical (unpaired) electrons. The fourth-order valence-electron chi connectivity index (χ4n) is 2.32. The van der Waals surface area contributed by atoms with Gasteiger partial charge in [-0.3, -0.25) is 4.79 Å². The van der Waals surface area contributed by atoms with Crippen LogP contribution in [0.2, 0.25) is 0 Å². The van der Waals surface area contributed by atoms with Crippen molar-refractivity contribution >= 4 is 40.0 Å². The van der Waals surface area contributed by atoms with Gasteiger partial charge in [-0.25, -0.2) is 4.98 Å². The fraction of sp³-hybridized carbons (Fsp3) is 0.250. The quantitative estimate of drug-likeness (QED) is 0.655. The molecule has 0 atom stereocenters. The zero-order valence-corrected chi connectivity index (χ0v) is 16.4. The molecule has 1 amide bonds. The van der Waals surface area contributed by atoms with Crippen LogP contribution in [0.1, 0.15) is 20.8 Å². The first-order valence-electron chi connectivity index (χ1n) is 8.44. The van der Waals surface area contributed by atoms with Gasteiger partial charge < -0.3 is 19.8 Å². The summed E-state index contributed by atoms with van der Waals surface area (Å²) in [6.07, 6.45) is 0. The van der Waals surface area contributed by atoms with E-state index in [2.05, 4.69) is 15.6 Å². The fourth-order valence-corrected chi connectivity index (χ4v) is 2.53. The SMILES string of the molecule is COc1ccc(-c2nc3cc(NC(=S)NC(=O)C(C)(C)C)ccc3o2)cc1. The number of carbonyl (C=O) groups is 1. The van der Waals surface area contributed by atoms with Gasteiger partial charge in [0.2, 0.25) is 11.8 Å². The summed E-state index contributed by atoms with van der Waals surface area (Å²) in [5.41, 5.74) is 2.41. The van der Waals surface area contributed by atoms with E-state index in [0.29, 0.717) is 17.0 Å². The van der Waals surface area contributed by atoms with E-state index in [-0.39, 0.29) is 11.0 Å². The summed E-state index contributed by atoms with van der Waals surface area (Å²) >= 11 is 5.21. The zero-order valence-electron chi connectivity index (χ0n) is 15.6. The molecule has 27 heavy (non-hydrogen) atoms. The summed E-state index contributed by atoms with van der Waals surface area (Å²) in [7, 11) is 1.62. The van der Waals surface area contributed by atoms with Crippen molar-refractivity contribution in [2.45, 2.75) is 20.8 Å². The highest BCUT2D eigenvalue weighted by molar-refractivity contribution is 7.80. The second kappa shape index (κ2) is 7.36. The van der Waals surface area contributed by atoms with Gasteiger partial charge in [0.15, 0.2) is 10.7 Å². The zero-order chi connectivity index (χ0) is 19.6. The number of nitrogens with one attached hydrogen (secondary N) is 2. The Labute approximate surface area is 162 Å². The topological polar surface area (TPSA) is 76.4 Å². The highest BCUT2D eigenvalue weighted by Gasteiger charge is 2.22. The van der Waals surface area contributed by atoms with Gasteiger partial charge in [-0.15, -0.1) is 0 Å². The standard InChI is InChI=1S/C20H21N3O3S/c1-20(2,3)18(24)23-19(27)21-13-7-10-16-15(11-13)22-17(26-16)12-5-8-14(25-4)9-6-12/h5-11H,1-4H3,(H2,21,23,24,27). The van der Waals surface area contributed by atoms with E-state index >= 15 is 0 Å². The Morgan fingerprint density at radius 2 is 1.85 bits per heavy atom. The van der Waals surface area contributed by atoms with Crippen LogP contribution >= 0.6 is 12.2 Å². The molecule has 0 saturated carbocycles. The molecule has 1 heterocycles. The van der Waals surface area contributed by atoms with Crippen LogP contribution < -0.4 is 15.4 Å². The summed E-state index contributed by atoms with van der Waals surface area (Å²) in [5, 5.41) is 5.93. The number of carbonyl (C=O) groups excluding carboxylic acids is 1. The average molecular weight is 383 g/mol. The summed E-state index contributed by atoms with van der Waals surface area (Å²) in [5.74, 6) is 1.14. The predicted molar refractivity (Wildman–Crippen MR) is 110 cm³/mol. The van der Waals surface area contributed by atoms with Crippen molar-refractivity contribution in [2.75, 3.05) is 12.4 Å². The molecule has 0 aliphatic heterocycles. The number of oxazole rings is 1. The van der Waals surface area contributed by atoms with Crippen molar-refractivity contribution in [2.24, 2.45) is 5.41 Å². The molecule has 140 valence electrons. The maximum Gasteiger partial charge on any atom is 0.231 e. The van der Waals surface area contributed by atoms with Crippen LogP contribution in [0.25, 0.3) is 22.6 Å². The highest BCUT2D eigenvalue weighted by atomic mass is 32.1. The molecule has 2 N–H and O–H groups in total. The maximum atomic E-state index is 12.0.